The van der Waals surface area contributed by atoms with Crippen molar-refractivity contribution in [2.75, 3.05) is 33.6 Å². The highest BCUT2D eigenvalue weighted by Gasteiger charge is 2.14. The molecule has 6 heteroatoms. The number of amides is 1. The molecular formula is C18H22N2O4. The normalized spacial score (nSPS) is 10.1. The second-order valence-electron chi connectivity index (χ2n) is 5.14. The van der Waals surface area contributed by atoms with Gasteiger partial charge in [0.25, 0.3) is 5.91 Å². The molecule has 0 atom stereocenters. The molecule has 6 nitrogen and oxygen atoms in total. The van der Waals surface area contributed by atoms with Crippen LogP contribution >= 0.6 is 0 Å². The first-order chi connectivity index (χ1) is 11.6. The Morgan fingerprint density at radius 3 is 2.25 bits per heavy atom. The van der Waals surface area contributed by atoms with Crippen LogP contribution in [0.5, 0.6) is 17.2 Å². The quantitative estimate of drug-likeness (QED) is 0.761. The van der Waals surface area contributed by atoms with E-state index < -0.39 is 0 Å². The molecule has 0 saturated carbocycles. The van der Waals surface area contributed by atoms with E-state index >= 15 is 0 Å². The van der Waals surface area contributed by atoms with Gasteiger partial charge in [-0.3, -0.25) is 4.79 Å². The van der Waals surface area contributed by atoms with Gasteiger partial charge >= 0.3 is 0 Å². The average Bonchev–Trinajstić information content (AvgIpc) is 2.61. The molecule has 0 aliphatic heterocycles. The number of nitrogens with one attached hydrogen (secondary N) is 1. The summed E-state index contributed by atoms with van der Waals surface area (Å²) in [5.74, 6) is 1.79. The van der Waals surface area contributed by atoms with E-state index in [0.29, 0.717) is 41.5 Å². The number of carbonyl (C=O) groups is 1. The van der Waals surface area contributed by atoms with Gasteiger partial charge in [0, 0.05) is 35.5 Å². The van der Waals surface area contributed by atoms with Gasteiger partial charge in [-0.25, -0.2) is 0 Å². The maximum absolute atomic E-state index is 12.1. The fourth-order valence-corrected chi connectivity index (χ4v) is 2.41. The Hall–Kier alpha value is -2.89. The van der Waals surface area contributed by atoms with E-state index in [-0.39, 0.29) is 5.91 Å². The Morgan fingerprint density at radius 2 is 1.71 bits per heavy atom. The molecule has 0 aliphatic rings. The minimum Gasteiger partial charge on any atom is -0.496 e. The maximum atomic E-state index is 12.1. The third-order valence-corrected chi connectivity index (χ3v) is 3.63. The zero-order valence-electron chi connectivity index (χ0n) is 14.1. The number of rotatable bonds is 7. The molecule has 0 heterocycles. The summed E-state index contributed by atoms with van der Waals surface area (Å²) >= 11 is 0. The van der Waals surface area contributed by atoms with Crippen molar-refractivity contribution in [3.63, 3.8) is 0 Å². The highest BCUT2D eigenvalue weighted by atomic mass is 16.5. The largest absolute Gasteiger partial charge is 0.496 e. The summed E-state index contributed by atoms with van der Waals surface area (Å²) in [6, 6.07) is 10.4. The predicted molar refractivity (Wildman–Crippen MR) is 93.0 cm³/mol. The molecule has 0 radical (unpaired) electrons. The molecular weight excluding hydrogens is 308 g/mol. The molecule has 1 amide bonds. The van der Waals surface area contributed by atoms with Gasteiger partial charge in [0.2, 0.25) is 0 Å². The summed E-state index contributed by atoms with van der Waals surface area (Å²) in [6.07, 6.45) is 0.560. The lowest BCUT2D eigenvalue weighted by atomic mass is 10.1. The molecule has 128 valence electrons. The standard InChI is InChI=1S/C18H22N2O4/c1-22-14-10-16(23-2)15(17(11-14)24-3)7-8-20-18(21)12-5-4-6-13(19)9-12/h4-6,9-11H,7-8,19H2,1-3H3,(H,20,21). The number of nitrogen functional groups attached to an aromatic ring is 1. The molecule has 0 aliphatic carbocycles. The monoisotopic (exact) mass is 330 g/mol. The minimum atomic E-state index is -0.172. The number of benzene rings is 2. The highest BCUT2D eigenvalue weighted by molar-refractivity contribution is 5.94. The van der Waals surface area contributed by atoms with Crippen molar-refractivity contribution in [2.24, 2.45) is 0 Å². The lowest BCUT2D eigenvalue weighted by Gasteiger charge is -2.15. The predicted octanol–water partition coefficient (Wildman–Crippen LogP) is 2.27. The van der Waals surface area contributed by atoms with Gasteiger partial charge in [0.1, 0.15) is 17.2 Å². The van der Waals surface area contributed by atoms with E-state index in [2.05, 4.69) is 5.32 Å². The van der Waals surface area contributed by atoms with E-state index in [1.807, 2.05) is 0 Å². The molecule has 0 fully saturated rings. The smallest absolute Gasteiger partial charge is 0.251 e. The highest BCUT2D eigenvalue weighted by Crippen LogP contribution is 2.34. The van der Waals surface area contributed by atoms with Crippen molar-refractivity contribution in [2.45, 2.75) is 6.42 Å². The van der Waals surface area contributed by atoms with Crippen LogP contribution in [0.4, 0.5) is 5.69 Å². The van der Waals surface area contributed by atoms with E-state index in [4.69, 9.17) is 19.9 Å². The molecule has 24 heavy (non-hydrogen) atoms. The van der Waals surface area contributed by atoms with Gasteiger partial charge in [-0.1, -0.05) is 6.07 Å². The molecule has 0 unspecified atom stereocenters. The molecule has 0 spiro atoms. The van der Waals surface area contributed by atoms with Gasteiger partial charge in [-0.2, -0.15) is 0 Å². The van der Waals surface area contributed by atoms with Crippen LogP contribution < -0.4 is 25.3 Å². The molecule has 0 saturated heterocycles. The lowest BCUT2D eigenvalue weighted by molar-refractivity contribution is 0.0954. The van der Waals surface area contributed by atoms with Crippen molar-refractivity contribution >= 4 is 11.6 Å². The van der Waals surface area contributed by atoms with E-state index in [9.17, 15) is 4.79 Å². The number of ether oxygens (including phenoxy) is 3. The van der Waals surface area contributed by atoms with Gasteiger partial charge < -0.3 is 25.3 Å². The topological polar surface area (TPSA) is 82.8 Å². The van der Waals surface area contributed by atoms with Crippen molar-refractivity contribution < 1.29 is 19.0 Å². The minimum absolute atomic E-state index is 0.172. The third kappa shape index (κ3) is 4.10. The van der Waals surface area contributed by atoms with Crippen LogP contribution in [0.25, 0.3) is 0 Å². The summed E-state index contributed by atoms with van der Waals surface area (Å²) in [5.41, 5.74) is 7.65. The SMILES string of the molecule is COc1cc(OC)c(CCNC(=O)c2cccc(N)c2)c(OC)c1. The second kappa shape index (κ2) is 8.10. The van der Waals surface area contributed by atoms with Crippen LogP contribution in [-0.4, -0.2) is 33.8 Å². The van der Waals surface area contributed by atoms with Crippen LogP contribution in [0.1, 0.15) is 15.9 Å². The summed E-state index contributed by atoms with van der Waals surface area (Å²) in [7, 11) is 4.76. The lowest BCUT2D eigenvalue weighted by Crippen LogP contribution is -2.26. The first-order valence-electron chi connectivity index (χ1n) is 7.51. The van der Waals surface area contributed by atoms with Gasteiger partial charge in [0.15, 0.2) is 0 Å². The Labute approximate surface area is 141 Å². The maximum Gasteiger partial charge on any atom is 0.251 e. The molecule has 2 rings (SSSR count). The second-order valence-corrected chi connectivity index (χ2v) is 5.14. The molecule has 0 aromatic heterocycles. The van der Waals surface area contributed by atoms with Crippen LogP contribution in [0.2, 0.25) is 0 Å². The van der Waals surface area contributed by atoms with Gasteiger partial charge in [-0.15, -0.1) is 0 Å². The molecule has 2 aromatic rings. The Morgan fingerprint density at radius 1 is 1.04 bits per heavy atom. The summed E-state index contributed by atoms with van der Waals surface area (Å²) in [5, 5.41) is 2.87. The number of methoxy groups -OCH3 is 3. The van der Waals surface area contributed by atoms with Crippen LogP contribution in [-0.2, 0) is 6.42 Å². The van der Waals surface area contributed by atoms with Gasteiger partial charge in [0.05, 0.1) is 21.3 Å². The first kappa shape index (κ1) is 17.5. The third-order valence-electron chi connectivity index (χ3n) is 3.63. The zero-order chi connectivity index (χ0) is 17.5. The number of hydrogen-bond donors (Lipinski definition) is 2. The molecule has 0 bridgehead atoms. The fourth-order valence-electron chi connectivity index (χ4n) is 2.41. The fraction of sp³-hybridized carbons (Fsp3) is 0.278. The van der Waals surface area contributed by atoms with Crippen molar-refractivity contribution in [3.05, 3.63) is 47.5 Å². The van der Waals surface area contributed by atoms with Crippen LogP contribution in [0.3, 0.4) is 0 Å². The number of nitrogens with two attached hydrogens (primary N) is 1. The van der Waals surface area contributed by atoms with E-state index in [1.54, 1.807) is 57.7 Å². The van der Waals surface area contributed by atoms with Crippen molar-refractivity contribution in [1.29, 1.82) is 0 Å². The Balaban J connectivity index is 2.07. The summed E-state index contributed by atoms with van der Waals surface area (Å²) < 4.78 is 16.0. The first-order valence-corrected chi connectivity index (χ1v) is 7.51. The zero-order valence-corrected chi connectivity index (χ0v) is 14.1. The summed E-state index contributed by atoms with van der Waals surface area (Å²) in [4.78, 5) is 12.1. The van der Waals surface area contributed by atoms with E-state index in [1.165, 1.54) is 0 Å². The summed E-state index contributed by atoms with van der Waals surface area (Å²) in [6.45, 7) is 0.437. The van der Waals surface area contributed by atoms with Gasteiger partial charge in [-0.05, 0) is 24.6 Å². The van der Waals surface area contributed by atoms with Crippen molar-refractivity contribution in [3.8, 4) is 17.2 Å². The molecule has 3 N–H and O–H groups in total. The number of carbonyl (C=O) groups excluding carboxylic acids is 1. The Bertz CT molecular complexity index is 691. The average molecular weight is 330 g/mol. The Kier molecular flexibility index (Phi) is 5.89. The van der Waals surface area contributed by atoms with E-state index in [0.717, 1.165) is 5.56 Å². The number of anilines is 1. The van der Waals surface area contributed by atoms with Crippen LogP contribution in [0.15, 0.2) is 36.4 Å². The van der Waals surface area contributed by atoms with Crippen LogP contribution in [0, 0.1) is 0 Å². The van der Waals surface area contributed by atoms with Crippen molar-refractivity contribution in [1.82, 2.24) is 5.32 Å². The molecule has 2 aromatic carbocycles. The number of hydrogen-bond acceptors (Lipinski definition) is 5.